The molecule has 2 aliphatic rings. The van der Waals surface area contributed by atoms with Gasteiger partial charge in [0.25, 0.3) is 0 Å². The van der Waals surface area contributed by atoms with Crippen LogP contribution >= 0.6 is 0 Å². The number of amides is 1. The molecule has 26 heavy (non-hydrogen) atoms. The summed E-state index contributed by atoms with van der Waals surface area (Å²) in [5.41, 5.74) is 1.41. The maximum Gasteiger partial charge on any atom is 0.225 e. The van der Waals surface area contributed by atoms with Crippen molar-refractivity contribution in [2.45, 2.75) is 25.1 Å². The van der Waals surface area contributed by atoms with Gasteiger partial charge in [-0.3, -0.25) is 9.69 Å². The first-order chi connectivity index (χ1) is 12.7. The lowest BCUT2D eigenvalue weighted by Gasteiger charge is -2.25. The number of hydrogen-bond acceptors (Lipinski definition) is 5. The number of nitrogens with zero attached hydrogens (tertiary/aromatic N) is 3. The molecule has 0 aliphatic carbocycles. The van der Waals surface area contributed by atoms with Crippen molar-refractivity contribution in [3.8, 4) is 17.4 Å². The number of furan rings is 1. The smallest absolute Gasteiger partial charge is 0.225 e. The average molecular weight is 351 g/mol. The van der Waals surface area contributed by atoms with Crippen molar-refractivity contribution < 1.29 is 13.9 Å². The molecule has 2 saturated heterocycles. The highest BCUT2D eigenvalue weighted by Crippen LogP contribution is 2.28. The Labute approximate surface area is 152 Å². The molecule has 2 aliphatic heterocycles. The van der Waals surface area contributed by atoms with Crippen LogP contribution in [0.25, 0.3) is 11.3 Å². The molecule has 1 aromatic heterocycles. The quantitative estimate of drug-likeness (QED) is 0.848. The van der Waals surface area contributed by atoms with Crippen molar-refractivity contribution in [3.05, 3.63) is 47.7 Å². The van der Waals surface area contributed by atoms with Crippen LogP contribution in [0.1, 0.15) is 17.7 Å². The van der Waals surface area contributed by atoms with E-state index >= 15 is 0 Å². The van der Waals surface area contributed by atoms with Crippen LogP contribution in [0.15, 0.2) is 40.8 Å². The number of carbonyl (C=O) groups excluding carboxylic acids is 1. The van der Waals surface area contributed by atoms with E-state index in [-0.39, 0.29) is 18.1 Å². The summed E-state index contributed by atoms with van der Waals surface area (Å²) >= 11 is 0. The molecule has 2 aromatic rings. The van der Waals surface area contributed by atoms with Gasteiger partial charge in [0.1, 0.15) is 11.5 Å². The van der Waals surface area contributed by atoms with Crippen molar-refractivity contribution in [1.29, 1.82) is 5.26 Å². The highest BCUT2D eigenvalue weighted by Gasteiger charge is 2.39. The second kappa shape index (κ2) is 6.94. The first kappa shape index (κ1) is 16.8. The second-order valence-electron chi connectivity index (χ2n) is 6.85. The van der Waals surface area contributed by atoms with E-state index in [2.05, 4.69) is 11.0 Å². The molecule has 2 fully saturated rings. The monoisotopic (exact) mass is 351 g/mol. The van der Waals surface area contributed by atoms with Gasteiger partial charge in [0.2, 0.25) is 5.91 Å². The number of benzene rings is 1. The molecule has 1 amide bonds. The second-order valence-corrected chi connectivity index (χ2v) is 6.85. The number of nitriles is 1. The minimum Gasteiger partial charge on any atom is -0.460 e. The lowest BCUT2D eigenvalue weighted by Crippen LogP contribution is -2.42. The molecule has 2 atom stereocenters. The van der Waals surface area contributed by atoms with Crippen molar-refractivity contribution in [3.63, 3.8) is 0 Å². The lowest BCUT2D eigenvalue weighted by molar-refractivity contribution is -0.131. The van der Waals surface area contributed by atoms with Crippen LogP contribution in [0.3, 0.4) is 0 Å². The van der Waals surface area contributed by atoms with Crippen molar-refractivity contribution in [2.24, 2.45) is 0 Å². The fourth-order valence-corrected chi connectivity index (χ4v) is 3.78. The average Bonchev–Trinajstić information content (AvgIpc) is 3.25. The highest BCUT2D eigenvalue weighted by molar-refractivity contribution is 5.76. The number of likely N-dealkylation sites (tertiary alicyclic amines) is 1. The van der Waals surface area contributed by atoms with E-state index in [0.717, 1.165) is 24.4 Å². The summed E-state index contributed by atoms with van der Waals surface area (Å²) in [6, 6.07) is 13.6. The standard InChI is InChI=1S/C20H21N3O3/c1-22-17-12-23(13-19(17)25-9-8-20(22)24)11-15-6-7-18(26-15)16-5-3-2-4-14(16)10-21/h2-7,17,19H,8-9,11-13H2,1H3/t17-,19-/m0/s1. The molecule has 4 rings (SSSR count). The van der Waals surface area contributed by atoms with Gasteiger partial charge in [-0.2, -0.15) is 5.26 Å². The molecule has 0 radical (unpaired) electrons. The molecular formula is C20H21N3O3. The number of hydrogen-bond donors (Lipinski definition) is 0. The van der Waals surface area contributed by atoms with Crippen LogP contribution < -0.4 is 0 Å². The topological polar surface area (TPSA) is 69.7 Å². The van der Waals surface area contributed by atoms with Gasteiger partial charge in [0.05, 0.1) is 43.4 Å². The van der Waals surface area contributed by atoms with Crippen molar-refractivity contribution >= 4 is 5.91 Å². The molecule has 0 unspecified atom stereocenters. The van der Waals surface area contributed by atoms with Crippen LogP contribution in [0.2, 0.25) is 0 Å². The van der Waals surface area contributed by atoms with Crippen LogP contribution in [-0.2, 0) is 16.1 Å². The fourth-order valence-electron chi connectivity index (χ4n) is 3.78. The first-order valence-electron chi connectivity index (χ1n) is 8.83. The third-order valence-electron chi connectivity index (χ3n) is 5.21. The van der Waals surface area contributed by atoms with Crippen molar-refractivity contribution in [1.82, 2.24) is 9.80 Å². The Morgan fingerprint density at radius 3 is 2.92 bits per heavy atom. The van der Waals surface area contributed by atoms with Crippen molar-refractivity contribution in [2.75, 3.05) is 26.7 Å². The molecule has 134 valence electrons. The lowest BCUT2D eigenvalue weighted by atomic mass is 10.1. The minimum atomic E-state index is 0.0557. The summed E-state index contributed by atoms with van der Waals surface area (Å²) in [6.45, 7) is 2.71. The van der Waals surface area contributed by atoms with Gasteiger partial charge in [-0.1, -0.05) is 12.1 Å². The summed E-state index contributed by atoms with van der Waals surface area (Å²) in [5, 5.41) is 9.26. The molecular weight excluding hydrogens is 330 g/mol. The zero-order chi connectivity index (χ0) is 18.1. The molecule has 1 aromatic carbocycles. The Morgan fingerprint density at radius 1 is 1.23 bits per heavy atom. The molecule has 6 heteroatoms. The number of fused-ring (bicyclic) bond motifs is 1. The molecule has 6 nitrogen and oxygen atoms in total. The van der Waals surface area contributed by atoms with E-state index in [0.29, 0.717) is 30.9 Å². The van der Waals surface area contributed by atoms with Gasteiger partial charge in [-0.05, 0) is 24.3 Å². The minimum absolute atomic E-state index is 0.0557. The molecule has 0 saturated carbocycles. The number of likely N-dealkylation sites (N-methyl/N-ethyl adjacent to an activating group) is 1. The number of rotatable bonds is 3. The molecule has 0 N–H and O–H groups in total. The summed E-state index contributed by atoms with van der Waals surface area (Å²) in [6.07, 6.45) is 0.517. The Bertz CT molecular complexity index is 854. The van der Waals surface area contributed by atoms with Crippen LogP contribution in [0.4, 0.5) is 0 Å². The molecule has 0 bridgehead atoms. The van der Waals surface area contributed by atoms with Crippen LogP contribution in [0.5, 0.6) is 0 Å². The van der Waals surface area contributed by atoms with E-state index in [1.54, 1.807) is 6.07 Å². The molecule has 0 spiro atoms. The normalized spacial score (nSPS) is 23.5. The first-order valence-corrected chi connectivity index (χ1v) is 8.83. The van der Waals surface area contributed by atoms with Crippen LogP contribution in [-0.4, -0.2) is 54.6 Å². The SMILES string of the molecule is CN1C(=O)CCO[C@H]2CN(Cc3ccc(-c4ccccc4C#N)o3)C[C@@H]21. The van der Waals surface area contributed by atoms with E-state index < -0.39 is 0 Å². The van der Waals surface area contributed by atoms with E-state index in [1.165, 1.54) is 0 Å². The zero-order valence-electron chi connectivity index (χ0n) is 14.7. The van der Waals surface area contributed by atoms with Gasteiger partial charge in [0.15, 0.2) is 0 Å². The van der Waals surface area contributed by atoms with Gasteiger partial charge in [-0.25, -0.2) is 0 Å². The number of ether oxygens (including phenoxy) is 1. The predicted molar refractivity (Wildman–Crippen MR) is 95.1 cm³/mol. The maximum absolute atomic E-state index is 12.0. The Balaban J connectivity index is 1.47. The Morgan fingerprint density at radius 2 is 2.08 bits per heavy atom. The summed E-state index contributed by atoms with van der Waals surface area (Å²) in [7, 11) is 1.86. The zero-order valence-corrected chi connectivity index (χ0v) is 14.7. The van der Waals surface area contributed by atoms with Gasteiger partial charge < -0.3 is 14.1 Å². The maximum atomic E-state index is 12.0. The van der Waals surface area contributed by atoms with Gasteiger partial charge >= 0.3 is 0 Å². The van der Waals surface area contributed by atoms with E-state index in [9.17, 15) is 10.1 Å². The van der Waals surface area contributed by atoms with E-state index in [4.69, 9.17) is 9.15 Å². The van der Waals surface area contributed by atoms with E-state index in [1.807, 2.05) is 42.3 Å². The summed E-state index contributed by atoms with van der Waals surface area (Å²) < 4.78 is 11.9. The van der Waals surface area contributed by atoms with Gasteiger partial charge in [-0.15, -0.1) is 0 Å². The van der Waals surface area contributed by atoms with Crippen LogP contribution in [0, 0.1) is 11.3 Å². The Hall–Kier alpha value is -2.62. The third kappa shape index (κ3) is 3.12. The third-order valence-corrected chi connectivity index (χ3v) is 5.21. The summed E-state index contributed by atoms with van der Waals surface area (Å²) in [5.74, 6) is 1.69. The molecule has 3 heterocycles. The summed E-state index contributed by atoms with van der Waals surface area (Å²) in [4.78, 5) is 16.1. The number of carbonyl (C=O) groups is 1. The Kier molecular flexibility index (Phi) is 4.49. The largest absolute Gasteiger partial charge is 0.460 e. The predicted octanol–water partition coefficient (Wildman–Crippen LogP) is 2.25. The highest BCUT2D eigenvalue weighted by atomic mass is 16.5. The fraction of sp³-hybridized carbons (Fsp3) is 0.400. The van der Waals surface area contributed by atoms with Gasteiger partial charge in [0, 0.05) is 25.7 Å².